The van der Waals surface area contributed by atoms with Crippen molar-refractivity contribution in [2.45, 2.75) is 39.2 Å². The minimum atomic E-state index is 0.804. The monoisotopic (exact) mass is 237 g/mol. The van der Waals surface area contributed by atoms with Gasteiger partial charge in [0.2, 0.25) is 5.95 Å². The Kier molecular flexibility index (Phi) is 4.42. The lowest BCUT2D eigenvalue weighted by Crippen LogP contribution is -2.10. The van der Waals surface area contributed by atoms with Crippen LogP contribution in [-0.2, 0) is 11.3 Å². The van der Waals surface area contributed by atoms with Crippen LogP contribution in [0.15, 0.2) is 6.20 Å². The fourth-order valence-corrected chi connectivity index (χ4v) is 2.03. The van der Waals surface area contributed by atoms with Gasteiger partial charge in [0, 0.05) is 33.0 Å². The van der Waals surface area contributed by atoms with Crippen LogP contribution in [0.5, 0.6) is 0 Å². The number of nitrogens with one attached hydrogen (secondary N) is 1. The van der Waals surface area contributed by atoms with Crippen molar-refractivity contribution < 1.29 is 4.74 Å². The zero-order valence-corrected chi connectivity index (χ0v) is 10.9. The number of ether oxygens (including phenoxy) is 1. The normalized spacial score (nSPS) is 15.2. The van der Waals surface area contributed by atoms with Crippen LogP contribution in [0.4, 0.5) is 5.95 Å². The van der Waals surface area contributed by atoms with Gasteiger partial charge in [-0.15, -0.1) is 0 Å². The number of anilines is 1. The van der Waals surface area contributed by atoms with E-state index in [9.17, 15) is 0 Å². The van der Waals surface area contributed by atoms with Gasteiger partial charge in [-0.3, -0.25) is 0 Å². The first kappa shape index (κ1) is 12.4. The summed E-state index contributed by atoms with van der Waals surface area (Å²) in [5.41, 5.74) is 1.08. The summed E-state index contributed by atoms with van der Waals surface area (Å²) in [6.07, 6.45) is 7.26. The SMILES string of the molecule is COCCCn1cc(C)nc1NCCC1CC1. The molecule has 4 nitrogen and oxygen atoms in total. The molecule has 1 fully saturated rings. The highest BCUT2D eigenvalue weighted by Gasteiger charge is 2.20. The molecule has 1 saturated carbocycles. The second kappa shape index (κ2) is 6.05. The number of aryl methyl sites for hydroxylation is 2. The molecule has 1 aromatic heterocycles. The molecule has 0 unspecified atom stereocenters. The van der Waals surface area contributed by atoms with E-state index in [-0.39, 0.29) is 0 Å². The summed E-state index contributed by atoms with van der Waals surface area (Å²) in [4.78, 5) is 4.52. The summed E-state index contributed by atoms with van der Waals surface area (Å²) in [6.45, 7) is 4.86. The number of imidazole rings is 1. The third kappa shape index (κ3) is 4.04. The summed E-state index contributed by atoms with van der Waals surface area (Å²) in [5.74, 6) is 1.99. The standard InChI is InChI=1S/C13H23N3O/c1-11-10-16(8-3-9-17-2)13(15-11)14-7-6-12-4-5-12/h10,12H,3-9H2,1-2H3,(H,14,15). The van der Waals surface area contributed by atoms with E-state index in [0.29, 0.717) is 0 Å². The Hall–Kier alpha value is -1.03. The minimum Gasteiger partial charge on any atom is -0.385 e. The number of methoxy groups -OCH3 is 1. The van der Waals surface area contributed by atoms with Crippen LogP contribution in [0.2, 0.25) is 0 Å². The number of hydrogen-bond acceptors (Lipinski definition) is 3. The first-order valence-electron chi connectivity index (χ1n) is 6.56. The molecule has 0 spiro atoms. The van der Waals surface area contributed by atoms with Gasteiger partial charge in [0.05, 0.1) is 5.69 Å². The number of nitrogens with zero attached hydrogens (tertiary/aromatic N) is 2. The summed E-state index contributed by atoms with van der Waals surface area (Å²) in [5, 5.41) is 3.44. The predicted molar refractivity (Wildman–Crippen MR) is 69.3 cm³/mol. The molecule has 0 aromatic carbocycles. The van der Waals surface area contributed by atoms with Gasteiger partial charge in [-0.25, -0.2) is 4.98 Å². The Morgan fingerprint density at radius 1 is 1.53 bits per heavy atom. The van der Waals surface area contributed by atoms with E-state index in [1.807, 2.05) is 6.92 Å². The lowest BCUT2D eigenvalue weighted by atomic mass is 10.3. The van der Waals surface area contributed by atoms with Crippen molar-refractivity contribution in [1.29, 1.82) is 0 Å². The molecule has 0 atom stereocenters. The molecule has 17 heavy (non-hydrogen) atoms. The van der Waals surface area contributed by atoms with E-state index in [0.717, 1.165) is 43.7 Å². The second-order valence-electron chi connectivity index (χ2n) is 4.90. The van der Waals surface area contributed by atoms with E-state index in [1.54, 1.807) is 7.11 Å². The third-order valence-electron chi connectivity index (χ3n) is 3.18. The third-order valence-corrected chi connectivity index (χ3v) is 3.18. The Morgan fingerprint density at radius 3 is 3.06 bits per heavy atom. The van der Waals surface area contributed by atoms with Crippen molar-refractivity contribution in [1.82, 2.24) is 9.55 Å². The van der Waals surface area contributed by atoms with Gasteiger partial charge in [-0.2, -0.15) is 0 Å². The van der Waals surface area contributed by atoms with Gasteiger partial charge in [0.15, 0.2) is 0 Å². The van der Waals surface area contributed by atoms with Gasteiger partial charge in [0.1, 0.15) is 0 Å². The highest BCUT2D eigenvalue weighted by atomic mass is 16.5. The molecule has 1 aromatic rings. The molecule has 0 aliphatic heterocycles. The van der Waals surface area contributed by atoms with Crippen molar-refractivity contribution >= 4 is 5.95 Å². The zero-order chi connectivity index (χ0) is 12.1. The van der Waals surface area contributed by atoms with Crippen molar-refractivity contribution in [3.05, 3.63) is 11.9 Å². The second-order valence-corrected chi connectivity index (χ2v) is 4.90. The number of rotatable bonds is 8. The van der Waals surface area contributed by atoms with Crippen LogP contribution in [0.25, 0.3) is 0 Å². The lowest BCUT2D eigenvalue weighted by Gasteiger charge is -2.09. The fourth-order valence-electron chi connectivity index (χ4n) is 2.03. The molecule has 1 N–H and O–H groups in total. The molecular formula is C13H23N3O. The highest BCUT2D eigenvalue weighted by Crippen LogP contribution is 2.32. The molecule has 0 amide bonds. The molecular weight excluding hydrogens is 214 g/mol. The summed E-state index contributed by atoms with van der Waals surface area (Å²) in [6, 6.07) is 0. The van der Waals surface area contributed by atoms with Crippen molar-refractivity contribution in [2.75, 3.05) is 25.6 Å². The summed E-state index contributed by atoms with van der Waals surface area (Å²) < 4.78 is 7.27. The average molecular weight is 237 g/mol. The van der Waals surface area contributed by atoms with Crippen molar-refractivity contribution in [3.63, 3.8) is 0 Å². The maximum absolute atomic E-state index is 5.08. The van der Waals surface area contributed by atoms with Gasteiger partial charge in [-0.05, 0) is 25.7 Å². The summed E-state index contributed by atoms with van der Waals surface area (Å²) in [7, 11) is 1.74. The highest BCUT2D eigenvalue weighted by molar-refractivity contribution is 5.28. The van der Waals surface area contributed by atoms with Crippen LogP contribution < -0.4 is 5.32 Å². The Labute approximate surface area is 103 Å². The van der Waals surface area contributed by atoms with E-state index in [1.165, 1.54) is 19.3 Å². The molecule has 96 valence electrons. The Morgan fingerprint density at radius 2 is 2.35 bits per heavy atom. The van der Waals surface area contributed by atoms with Gasteiger partial charge in [-0.1, -0.05) is 12.8 Å². The van der Waals surface area contributed by atoms with E-state index < -0.39 is 0 Å². The molecule has 4 heteroatoms. The van der Waals surface area contributed by atoms with E-state index in [4.69, 9.17) is 4.74 Å². The van der Waals surface area contributed by atoms with Gasteiger partial charge in [0.25, 0.3) is 0 Å². The average Bonchev–Trinajstić information content (AvgIpc) is 3.05. The van der Waals surface area contributed by atoms with Crippen LogP contribution in [0.3, 0.4) is 0 Å². The molecule has 0 bridgehead atoms. The van der Waals surface area contributed by atoms with Crippen LogP contribution in [0.1, 0.15) is 31.4 Å². The Balaban J connectivity index is 1.80. The quantitative estimate of drug-likeness (QED) is 0.706. The topological polar surface area (TPSA) is 39.1 Å². The maximum Gasteiger partial charge on any atom is 0.203 e. The maximum atomic E-state index is 5.08. The minimum absolute atomic E-state index is 0.804. The number of aromatic nitrogens is 2. The van der Waals surface area contributed by atoms with Gasteiger partial charge < -0.3 is 14.6 Å². The molecule has 2 rings (SSSR count). The van der Waals surface area contributed by atoms with Crippen molar-refractivity contribution in [2.24, 2.45) is 5.92 Å². The molecule has 0 saturated heterocycles. The Bertz CT molecular complexity index is 344. The van der Waals surface area contributed by atoms with Crippen molar-refractivity contribution in [3.8, 4) is 0 Å². The van der Waals surface area contributed by atoms with Gasteiger partial charge >= 0.3 is 0 Å². The first-order chi connectivity index (χ1) is 8.29. The molecule has 0 radical (unpaired) electrons. The van der Waals surface area contributed by atoms with E-state index in [2.05, 4.69) is 21.1 Å². The van der Waals surface area contributed by atoms with Crippen LogP contribution in [0, 0.1) is 12.8 Å². The van der Waals surface area contributed by atoms with Crippen LogP contribution >= 0.6 is 0 Å². The lowest BCUT2D eigenvalue weighted by molar-refractivity contribution is 0.190. The smallest absolute Gasteiger partial charge is 0.203 e. The fraction of sp³-hybridized carbons (Fsp3) is 0.769. The molecule has 1 aliphatic carbocycles. The largest absolute Gasteiger partial charge is 0.385 e. The molecule has 1 aliphatic rings. The zero-order valence-electron chi connectivity index (χ0n) is 10.9. The van der Waals surface area contributed by atoms with E-state index >= 15 is 0 Å². The molecule has 1 heterocycles. The predicted octanol–water partition coefficient (Wildman–Crippen LogP) is 2.44. The first-order valence-corrected chi connectivity index (χ1v) is 6.56. The summed E-state index contributed by atoms with van der Waals surface area (Å²) >= 11 is 0. The van der Waals surface area contributed by atoms with Crippen LogP contribution in [-0.4, -0.2) is 29.8 Å². The number of hydrogen-bond donors (Lipinski definition) is 1.